The quantitative estimate of drug-likeness (QED) is 0.618. The number of nitro groups is 1. The van der Waals surface area contributed by atoms with Crippen molar-refractivity contribution in [1.82, 2.24) is 9.97 Å². The molecule has 17 heavy (non-hydrogen) atoms. The molecule has 0 aliphatic carbocycles. The lowest BCUT2D eigenvalue weighted by Gasteiger charge is -2.09. The molecule has 2 aromatic heterocycles. The van der Waals surface area contributed by atoms with E-state index >= 15 is 0 Å². The summed E-state index contributed by atoms with van der Waals surface area (Å²) in [5.41, 5.74) is 1.36. The van der Waals surface area contributed by atoms with Crippen LogP contribution in [0.2, 0.25) is 0 Å². The third kappa shape index (κ3) is 1.71. The zero-order valence-electron chi connectivity index (χ0n) is 9.39. The Bertz CT molecular complexity index is 584. The van der Waals surface area contributed by atoms with E-state index in [0.29, 0.717) is 16.7 Å². The Balaban J connectivity index is 2.89. The first kappa shape index (κ1) is 11.1. The Morgan fingerprint density at radius 3 is 2.71 bits per heavy atom. The highest BCUT2D eigenvalue weighted by atomic mass is 16.6. The van der Waals surface area contributed by atoms with Gasteiger partial charge < -0.3 is 10.6 Å². The van der Waals surface area contributed by atoms with Gasteiger partial charge in [-0.15, -0.1) is 0 Å². The Kier molecular flexibility index (Phi) is 2.73. The van der Waals surface area contributed by atoms with Gasteiger partial charge in [-0.1, -0.05) is 0 Å². The van der Waals surface area contributed by atoms with Crippen LogP contribution >= 0.6 is 0 Å². The van der Waals surface area contributed by atoms with Crippen LogP contribution in [0.25, 0.3) is 11.0 Å². The van der Waals surface area contributed by atoms with Crippen LogP contribution in [0.15, 0.2) is 18.3 Å². The van der Waals surface area contributed by atoms with Gasteiger partial charge in [0.25, 0.3) is 0 Å². The molecule has 0 aromatic carbocycles. The monoisotopic (exact) mass is 233 g/mol. The highest BCUT2D eigenvalue weighted by molar-refractivity contribution is 5.96. The Morgan fingerprint density at radius 2 is 2.12 bits per heavy atom. The maximum absolute atomic E-state index is 11.1. The van der Waals surface area contributed by atoms with Crippen molar-refractivity contribution in [2.24, 2.45) is 0 Å². The zero-order valence-corrected chi connectivity index (χ0v) is 9.39. The van der Waals surface area contributed by atoms with Gasteiger partial charge in [0.1, 0.15) is 11.2 Å². The number of anilines is 2. The lowest BCUT2D eigenvalue weighted by atomic mass is 10.2. The van der Waals surface area contributed by atoms with Crippen molar-refractivity contribution < 1.29 is 4.92 Å². The topological polar surface area (TPSA) is 93.0 Å². The highest BCUT2D eigenvalue weighted by Gasteiger charge is 2.23. The fourth-order valence-corrected chi connectivity index (χ4v) is 1.67. The molecule has 2 heterocycles. The minimum Gasteiger partial charge on any atom is -0.381 e. The molecule has 0 saturated heterocycles. The molecule has 0 atom stereocenters. The van der Waals surface area contributed by atoms with Crippen molar-refractivity contribution in [3.8, 4) is 0 Å². The minimum absolute atomic E-state index is 0.0961. The van der Waals surface area contributed by atoms with Crippen molar-refractivity contribution in [3.05, 3.63) is 28.4 Å². The van der Waals surface area contributed by atoms with Crippen molar-refractivity contribution in [2.45, 2.75) is 0 Å². The average Bonchev–Trinajstić information content (AvgIpc) is 2.35. The lowest BCUT2D eigenvalue weighted by molar-refractivity contribution is -0.383. The largest absolute Gasteiger partial charge is 0.381 e. The van der Waals surface area contributed by atoms with E-state index < -0.39 is 4.92 Å². The number of nitrogens with one attached hydrogen (secondary N) is 2. The Labute approximate surface area is 97.0 Å². The summed E-state index contributed by atoms with van der Waals surface area (Å²) in [6.45, 7) is 0. The van der Waals surface area contributed by atoms with Crippen molar-refractivity contribution in [2.75, 3.05) is 24.7 Å². The second kappa shape index (κ2) is 4.20. The number of hydrogen-bond acceptors (Lipinski definition) is 6. The molecule has 0 aliphatic rings. The van der Waals surface area contributed by atoms with E-state index in [1.165, 1.54) is 0 Å². The highest BCUT2D eigenvalue weighted by Crippen LogP contribution is 2.35. The maximum Gasteiger partial charge on any atom is 0.336 e. The number of hydrogen-bond donors (Lipinski definition) is 2. The standard InChI is InChI=1S/C10H11N5O2/c1-11-8-7-6(4-3-5-13-7)14-10(12-2)9(8)15(16)17/h3-5H,1-2H3,(H2,11,12,14). The van der Waals surface area contributed by atoms with Gasteiger partial charge in [0.15, 0.2) is 0 Å². The number of pyridine rings is 2. The maximum atomic E-state index is 11.1. The van der Waals surface area contributed by atoms with Crippen LogP contribution in [-0.4, -0.2) is 29.0 Å². The summed E-state index contributed by atoms with van der Waals surface area (Å²) in [7, 11) is 3.22. The summed E-state index contributed by atoms with van der Waals surface area (Å²) < 4.78 is 0. The van der Waals surface area contributed by atoms with Crippen LogP contribution in [-0.2, 0) is 0 Å². The SMILES string of the molecule is CNc1nc2cccnc2c(NC)c1[N+](=O)[O-]. The fraction of sp³-hybridized carbons (Fsp3) is 0.200. The van der Waals surface area contributed by atoms with E-state index in [1.807, 2.05) is 0 Å². The first-order chi connectivity index (χ1) is 8.19. The van der Waals surface area contributed by atoms with Crippen LogP contribution in [0, 0.1) is 10.1 Å². The Morgan fingerprint density at radius 1 is 1.35 bits per heavy atom. The lowest BCUT2D eigenvalue weighted by Crippen LogP contribution is -2.05. The van der Waals surface area contributed by atoms with Gasteiger partial charge in [-0.3, -0.25) is 15.1 Å². The van der Waals surface area contributed by atoms with Gasteiger partial charge in [-0.2, -0.15) is 0 Å². The number of fused-ring (bicyclic) bond motifs is 1. The fourth-order valence-electron chi connectivity index (χ4n) is 1.67. The smallest absolute Gasteiger partial charge is 0.336 e. The molecule has 0 amide bonds. The molecule has 0 bridgehead atoms. The van der Waals surface area contributed by atoms with Crippen molar-refractivity contribution in [3.63, 3.8) is 0 Å². The normalized spacial score (nSPS) is 10.2. The van der Waals surface area contributed by atoms with Crippen LogP contribution in [0.3, 0.4) is 0 Å². The third-order valence-corrected chi connectivity index (χ3v) is 2.39. The third-order valence-electron chi connectivity index (χ3n) is 2.39. The van der Waals surface area contributed by atoms with Gasteiger partial charge >= 0.3 is 5.69 Å². The van der Waals surface area contributed by atoms with Crippen LogP contribution in [0.4, 0.5) is 17.2 Å². The molecule has 0 saturated carbocycles. The first-order valence-electron chi connectivity index (χ1n) is 4.97. The van der Waals surface area contributed by atoms with Crippen LogP contribution in [0.1, 0.15) is 0 Å². The van der Waals surface area contributed by atoms with Gasteiger partial charge in [-0.25, -0.2) is 4.98 Å². The first-order valence-corrected chi connectivity index (χ1v) is 4.97. The molecule has 0 aliphatic heterocycles. The zero-order chi connectivity index (χ0) is 12.4. The summed E-state index contributed by atoms with van der Waals surface area (Å²) in [6, 6.07) is 3.49. The number of rotatable bonds is 3. The summed E-state index contributed by atoms with van der Waals surface area (Å²) >= 11 is 0. The number of nitrogens with zero attached hydrogens (tertiary/aromatic N) is 3. The summed E-state index contributed by atoms with van der Waals surface area (Å²) in [4.78, 5) is 18.9. The predicted octanol–water partition coefficient (Wildman–Crippen LogP) is 1.62. The molecule has 2 N–H and O–H groups in total. The van der Waals surface area contributed by atoms with E-state index in [1.54, 1.807) is 32.4 Å². The minimum atomic E-state index is -0.473. The van der Waals surface area contributed by atoms with Crippen LogP contribution in [0.5, 0.6) is 0 Å². The average molecular weight is 233 g/mol. The van der Waals surface area contributed by atoms with Crippen molar-refractivity contribution in [1.29, 1.82) is 0 Å². The second-order valence-corrected chi connectivity index (χ2v) is 3.31. The van der Waals surface area contributed by atoms with Crippen molar-refractivity contribution >= 4 is 28.2 Å². The molecule has 0 fully saturated rings. The summed E-state index contributed by atoms with van der Waals surface area (Å²) in [5.74, 6) is 0.222. The summed E-state index contributed by atoms with van der Waals surface area (Å²) in [5, 5.41) is 16.6. The van der Waals surface area contributed by atoms with E-state index in [4.69, 9.17) is 0 Å². The van der Waals surface area contributed by atoms with Gasteiger partial charge in [-0.05, 0) is 12.1 Å². The van der Waals surface area contributed by atoms with E-state index in [0.717, 1.165) is 0 Å². The molecule has 2 rings (SSSR count). The van der Waals surface area contributed by atoms with E-state index in [-0.39, 0.29) is 11.5 Å². The number of aromatic nitrogens is 2. The van der Waals surface area contributed by atoms with Crippen LogP contribution < -0.4 is 10.6 Å². The van der Waals surface area contributed by atoms with Gasteiger partial charge in [0.2, 0.25) is 5.82 Å². The molecule has 0 radical (unpaired) electrons. The molecule has 7 nitrogen and oxygen atoms in total. The Hall–Kier alpha value is -2.44. The van der Waals surface area contributed by atoms with E-state index in [2.05, 4.69) is 20.6 Å². The molecule has 7 heteroatoms. The second-order valence-electron chi connectivity index (χ2n) is 3.31. The van der Waals surface area contributed by atoms with Gasteiger partial charge in [0.05, 0.1) is 10.4 Å². The predicted molar refractivity (Wildman–Crippen MR) is 65.3 cm³/mol. The molecular formula is C10H11N5O2. The molecule has 0 unspecified atom stereocenters. The van der Waals surface area contributed by atoms with E-state index in [9.17, 15) is 10.1 Å². The molecule has 0 spiro atoms. The molecule has 88 valence electrons. The summed E-state index contributed by atoms with van der Waals surface area (Å²) in [6.07, 6.45) is 1.58. The van der Waals surface area contributed by atoms with Gasteiger partial charge in [0, 0.05) is 20.3 Å². The molecule has 2 aromatic rings. The molecular weight excluding hydrogens is 222 g/mol.